The molecule has 3 rings (SSSR count). The fourth-order valence-corrected chi connectivity index (χ4v) is 3.05. The van der Waals surface area contributed by atoms with Gasteiger partial charge in [-0.3, -0.25) is 4.79 Å². The maximum atomic E-state index is 14.2. The molecule has 1 aromatic carbocycles. The van der Waals surface area contributed by atoms with Crippen molar-refractivity contribution in [1.29, 1.82) is 0 Å². The lowest BCUT2D eigenvalue weighted by Crippen LogP contribution is -2.39. The van der Waals surface area contributed by atoms with Crippen LogP contribution in [0.2, 0.25) is 0 Å². The summed E-state index contributed by atoms with van der Waals surface area (Å²) in [5.74, 6) is 0.242. The third kappa shape index (κ3) is 3.56. The van der Waals surface area contributed by atoms with E-state index in [4.69, 9.17) is 0 Å². The summed E-state index contributed by atoms with van der Waals surface area (Å²) in [5, 5.41) is 13.5. The molecule has 1 amide bonds. The SMILES string of the molecule is CC(C)c1nc(C(=O)N2CCC(CO)CC2)nn1-c1ccccc1F. The number of aliphatic hydroxyl groups is 1. The van der Waals surface area contributed by atoms with E-state index < -0.39 is 5.82 Å². The van der Waals surface area contributed by atoms with Crippen molar-refractivity contribution < 1.29 is 14.3 Å². The van der Waals surface area contributed by atoms with Gasteiger partial charge in [0.05, 0.1) is 0 Å². The Labute approximate surface area is 146 Å². The van der Waals surface area contributed by atoms with Crippen LogP contribution in [-0.4, -0.2) is 50.4 Å². The van der Waals surface area contributed by atoms with Gasteiger partial charge < -0.3 is 10.0 Å². The van der Waals surface area contributed by atoms with Crippen LogP contribution in [0.4, 0.5) is 4.39 Å². The Kier molecular flexibility index (Phi) is 5.13. The van der Waals surface area contributed by atoms with Gasteiger partial charge in [0.25, 0.3) is 5.91 Å². The Hall–Kier alpha value is -2.28. The highest BCUT2D eigenvalue weighted by molar-refractivity contribution is 5.90. The molecule has 25 heavy (non-hydrogen) atoms. The molecule has 0 radical (unpaired) electrons. The molecule has 0 aliphatic carbocycles. The van der Waals surface area contributed by atoms with E-state index in [1.807, 2.05) is 13.8 Å². The predicted octanol–water partition coefficient (Wildman–Crippen LogP) is 2.37. The molecule has 0 spiro atoms. The number of halogens is 1. The summed E-state index contributed by atoms with van der Waals surface area (Å²) < 4.78 is 15.6. The molecule has 2 aromatic rings. The highest BCUT2D eigenvalue weighted by Crippen LogP contribution is 2.22. The van der Waals surface area contributed by atoms with Gasteiger partial charge >= 0.3 is 0 Å². The van der Waals surface area contributed by atoms with Crippen LogP contribution in [0, 0.1) is 11.7 Å². The number of likely N-dealkylation sites (tertiary alicyclic amines) is 1. The van der Waals surface area contributed by atoms with Gasteiger partial charge in [-0.25, -0.2) is 14.1 Å². The average Bonchev–Trinajstić information content (AvgIpc) is 3.07. The van der Waals surface area contributed by atoms with Gasteiger partial charge in [0, 0.05) is 25.6 Å². The van der Waals surface area contributed by atoms with E-state index >= 15 is 0 Å². The monoisotopic (exact) mass is 346 g/mol. The summed E-state index contributed by atoms with van der Waals surface area (Å²) in [4.78, 5) is 18.8. The number of carbonyl (C=O) groups excluding carboxylic acids is 1. The van der Waals surface area contributed by atoms with E-state index in [0.717, 1.165) is 12.8 Å². The molecule has 0 atom stereocenters. The van der Waals surface area contributed by atoms with Crippen LogP contribution in [-0.2, 0) is 0 Å². The minimum atomic E-state index is -0.406. The molecular formula is C18H23FN4O2. The molecule has 0 unspecified atom stereocenters. The van der Waals surface area contributed by atoms with Crippen LogP contribution in [0.15, 0.2) is 24.3 Å². The standard InChI is InChI=1S/C18H23FN4O2/c1-12(2)17-20-16(18(25)22-9-7-13(11-24)8-10-22)21-23(17)15-6-4-3-5-14(15)19/h3-6,12-13,24H,7-11H2,1-2H3. The Bertz CT molecular complexity index is 751. The van der Waals surface area contributed by atoms with Crippen molar-refractivity contribution in [3.8, 4) is 5.69 Å². The van der Waals surface area contributed by atoms with E-state index in [1.54, 1.807) is 23.1 Å². The second kappa shape index (κ2) is 7.31. The number of aliphatic hydroxyl groups excluding tert-OH is 1. The van der Waals surface area contributed by atoms with Gasteiger partial charge in [0.1, 0.15) is 17.3 Å². The second-order valence-corrected chi connectivity index (χ2v) is 6.73. The number of para-hydroxylation sites is 1. The van der Waals surface area contributed by atoms with Crippen molar-refractivity contribution in [2.75, 3.05) is 19.7 Å². The van der Waals surface area contributed by atoms with Gasteiger partial charge in [-0.1, -0.05) is 26.0 Å². The lowest BCUT2D eigenvalue weighted by atomic mass is 9.98. The molecule has 1 aromatic heterocycles. The van der Waals surface area contributed by atoms with E-state index in [2.05, 4.69) is 10.1 Å². The molecule has 0 bridgehead atoms. The molecule has 1 aliphatic rings. The first-order chi connectivity index (χ1) is 12.0. The van der Waals surface area contributed by atoms with Crippen LogP contribution in [0.5, 0.6) is 0 Å². The Morgan fingerprint density at radius 3 is 2.60 bits per heavy atom. The molecule has 7 heteroatoms. The molecule has 2 heterocycles. The molecule has 1 N–H and O–H groups in total. The summed E-state index contributed by atoms with van der Waals surface area (Å²) in [7, 11) is 0. The van der Waals surface area contributed by atoms with Gasteiger partial charge in [-0.2, -0.15) is 0 Å². The number of rotatable bonds is 4. The maximum Gasteiger partial charge on any atom is 0.293 e. The molecule has 6 nitrogen and oxygen atoms in total. The third-order valence-corrected chi connectivity index (χ3v) is 4.58. The number of hydrogen-bond acceptors (Lipinski definition) is 4. The first-order valence-electron chi connectivity index (χ1n) is 8.63. The molecule has 1 fully saturated rings. The number of nitrogens with zero attached hydrogens (tertiary/aromatic N) is 4. The van der Waals surface area contributed by atoms with Crippen LogP contribution in [0.3, 0.4) is 0 Å². The lowest BCUT2D eigenvalue weighted by Gasteiger charge is -2.30. The predicted molar refractivity (Wildman–Crippen MR) is 91.1 cm³/mol. The molecule has 0 saturated carbocycles. The van der Waals surface area contributed by atoms with Crippen LogP contribution >= 0.6 is 0 Å². The highest BCUT2D eigenvalue weighted by Gasteiger charge is 2.27. The number of carbonyl (C=O) groups is 1. The quantitative estimate of drug-likeness (QED) is 0.923. The topological polar surface area (TPSA) is 71.2 Å². The zero-order valence-corrected chi connectivity index (χ0v) is 14.5. The van der Waals surface area contributed by atoms with Crippen molar-refractivity contribution in [1.82, 2.24) is 19.7 Å². The van der Waals surface area contributed by atoms with E-state index in [9.17, 15) is 14.3 Å². The third-order valence-electron chi connectivity index (χ3n) is 4.58. The molecule has 134 valence electrons. The highest BCUT2D eigenvalue weighted by atomic mass is 19.1. The number of piperidine rings is 1. The molecule has 1 aliphatic heterocycles. The number of hydrogen-bond donors (Lipinski definition) is 1. The summed E-state index contributed by atoms with van der Waals surface area (Å²) in [6, 6.07) is 6.33. The Balaban J connectivity index is 1.89. The Morgan fingerprint density at radius 2 is 2.00 bits per heavy atom. The van der Waals surface area contributed by atoms with E-state index in [1.165, 1.54) is 10.7 Å². The minimum Gasteiger partial charge on any atom is -0.396 e. The normalized spacial score (nSPS) is 15.8. The first kappa shape index (κ1) is 17.5. The zero-order valence-electron chi connectivity index (χ0n) is 14.5. The van der Waals surface area contributed by atoms with Gasteiger partial charge in [0.2, 0.25) is 5.82 Å². The van der Waals surface area contributed by atoms with Crippen LogP contribution in [0.25, 0.3) is 5.69 Å². The average molecular weight is 346 g/mol. The zero-order chi connectivity index (χ0) is 18.0. The van der Waals surface area contributed by atoms with Gasteiger partial charge in [-0.15, -0.1) is 5.10 Å². The molecular weight excluding hydrogens is 323 g/mol. The number of benzene rings is 1. The lowest BCUT2D eigenvalue weighted by molar-refractivity contribution is 0.0639. The number of amides is 1. The smallest absolute Gasteiger partial charge is 0.293 e. The summed E-state index contributed by atoms with van der Waals surface area (Å²) >= 11 is 0. The Morgan fingerprint density at radius 1 is 1.32 bits per heavy atom. The van der Waals surface area contributed by atoms with Crippen molar-refractivity contribution in [3.05, 3.63) is 41.7 Å². The van der Waals surface area contributed by atoms with Gasteiger partial charge in [0.15, 0.2) is 0 Å². The largest absolute Gasteiger partial charge is 0.396 e. The van der Waals surface area contributed by atoms with Crippen LogP contribution < -0.4 is 0 Å². The number of aromatic nitrogens is 3. The van der Waals surface area contributed by atoms with Crippen molar-refractivity contribution in [2.24, 2.45) is 5.92 Å². The summed E-state index contributed by atoms with van der Waals surface area (Å²) in [5.41, 5.74) is 0.289. The maximum absolute atomic E-state index is 14.2. The van der Waals surface area contributed by atoms with E-state index in [0.29, 0.717) is 18.9 Å². The first-order valence-corrected chi connectivity index (χ1v) is 8.63. The van der Waals surface area contributed by atoms with E-state index in [-0.39, 0.29) is 35.9 Å². The van der Waals surface area contributed by atoms with Gasteiger partial charge in [-0.05, 0) is 30.9 Å². The minimum absolute atomic E-state index is 0.00576. The van der Waals surface area contributed by atoms with Crippen LogP contribution in [0.1, 0.15) is 49.1 Å². The van der Waals surface area contributed by atoms with Crippen molar-refractivity contribution in [3.63, 3.8) is 0 Å². The summed E-state index contributed by atoms with van der Waals surface area (Å²) in [6.07, 6.45) is 1.54. The van der Waals surface area contributed by atoms with Crippen molar-refractivity contribution >= 4 is 5.91 Å². The molecule has 1 saturated heterocycles. The second-order valence-electron chi connectivity index (χ2n) is 6.73. The summed E-state index contributed by atoms with van der Waals surface area (Å²) in [6.45, 7) is 5.18. The fraction of sp³-hybridized carbons (Fsp3) is 0.500. The fourth-order valence-electron chi connectivity index (χ4n) is 3.05. The van der Waals surface area contributed by atoms with Crippen molar-refractivity contribution in [2.45, 2.75) is 32.6 Å².